The van der Waals surface area contributed by atoms with Gasteiger partial charge in [0.15, 0.2) is 0 Å². The average molecular weight is 382 g/mol. The third kappa shape index (κ3) is 4.44. The Kier molecular flexibility index (Phi) is 6.19. The zero-order valence-electron chi connectivity index (χ0n) is 16.3. The summed E-state index contributed by atoms with van der Waals surface area (Å²) in [6, 6.07) is 15.0. The van der Waals surface area contributed by atoms with E-state index in [1.165, 1.54) is 0 Å². The first kappa shape index (κ1) is 19.7. The summed E-state index contributed by atoms with van der Waals surface area (Å²) < 4.78 is 10.6. The Morgan fingerprint density at radius 1 is 1.11 bits per heavy atom. The highest BCUT2D eigenvalue weighted by Crippen LogP contribution is 2.32. The van der Waals surface area contributed by atoms with Gasteiger partial charge in [-0.25, -0.2) is 0 Å². The van der Waals surface area contributed by atoms with Crippen molar-refractivity contribution in [2.45, 2.75) is 37.6 Å². The Labute approximate surface area is 165 Å². The monoisotopic (exact) mass is 382 g/mol. The first-order valence-electron chi connectivity index (χ1n) is 9.45. The van der Waals surface area contributed by atoms with Crippen LogP contribution in [-0.2, 0) is 16.0 Å². The number of hydrogen-bond acceptors (Lipinski definition) is 4. The summed E-state index contributed by atoms with van der Waals surface area (Å²) in [5.41, 5.74) is 0.499. The molecule has 0 radical (unpaired) electrons. The molecule has 6 nitrogen and oxygen atoms in total. The number of anilines is 1. The minimum absolute atomic E-state index is 0.0961. The highest BCUT2D eigenvalue weighted by molar-refractivity contribution is 6.02. The number of carbonyl (C=O) groups is 2. The second-order valence-electron chi connectivity index (χ2n) is 7.02. The summed E-state index contributed by atoms with van der Waals surface area (Å²) in [6.45, 7) is 0. The molecular weight excluding hydrogens is 356 g/mol. The van der Waals surface area contributed by atoms with Crippen LogP contribution in [0, 0.1) is 0 Å². The number of hydrogen-bond donors (Lipinski definition) is 2. The lowest BCUT2D eigenvalue weighted by Gasteiger charge is -2.32. The predicted molar refractivity (Wildman–Crippen MR) is 108 cm³/mol. The van der Waals surface area contributed by atoms with Gasteiger partial charge < -0.3 is 20.1 Å². The van der Waals surface area contributed by atoms with Gasteiger partial charge in [0.05, 0.1) is 19.9 Å². The Morgan fingerprint density at radius 3 is 2.61 bits per heavy atom. The molecule has 6 heteroatoms. The van der Waals surface area contributed by atoms with Crippen molar-refractivity contribution in [2.75, 3.05) is 19.5 Å². The van der Waals surface area contributed by atoms with Crippen molar-refractivity contribution >= 4 is 17.5 Å². The van der Waals surface area contributed by atoms with E-state index in [1.807, 2.05) is 30.3 Å². The van der Waals surface area contributed by atoms with Crippen molar-refractivity contribution < 1.29 is 19.1 Å². The van der Waals surface area contributed by atoms with E-state index in [1.54, 1.807) is 32.4 Å². The molecule has 1 fully saturated rings. The summed E-state index contributed by atoms with van der Waals surface area (Å²) in [4.78, 5) is 25.8. The molecule has 3 rings (SSSR count). The molecule has 1 aliphatic rings. The number of carbonyl (C=O) groups excluding carboxylic acids is 2. The number of rotatable bonds is 6. The standard InChI is InChI=1S/C22H26N2O4/c1-27-17-11-12-19(28-2)18(14-17)23-21(26)22(13-7-6-10-20(25)24-22)15-16-8-4-3-5-9-16/h3-5,8-9,11-12,14H,6-7,10,13,15H2,1-2H3,(H,23,26)(H,24,25). The lowest BCUT2D eigenvalue weighted by Crippen LogP contribution is -2.57. The quantitative estimate of drug-likeness (QED) is 0.804. The fraction of sp³-hybridized carbons (Fsp3) is 0.364. The largest absolute Gasteiger partial charge is 0.497 e. The zero-order chi connectivity index (χ0) is 20.0. The van der Waals surface area contributed by atoms with Crippen LogP contribution in [0.5, 0.6) is 11.5 Å². The molecule has 28 heavy (non-hydrogen) atoms. The second-order valence-corrected chi connectivity index (χ2v) is 7.02. The Bertz CT molecular complexity index is 838. The van der Waals surface area contributed by atoms with Gasteiger partial charge in [0, 0.05) is 18.9 Å². The van der Waals surface area contributed by atoms with E-state index in [0.717, 1.165) is 18.4 Å². The van der Waals surface area contributed by atoms with Crippen LogP contribution >= 0.6 is 0 Å². The van der Waals surface area contributed by atoms with Crippen molar-refractivity contribution in [3.8, 4) is 11.5 Å². The minimum Gasteiger partial charge on any atom is -0.497 e. The van der Waals surface area contributed by atoms with Crippen LogP contribution in [0.2, 0.25) is 0 Å². The highest BCUT2D eigenvalue weighted by Gasteiger charge is 2.41. The molecule has 2 N–H and O–H groups in total. The molecular formula is C22H26N2O4. The maximum atomic E-state index is 13.4. The molecule has 1 atom stereocenters. The second kappa shape index (κ2) is 8.78. The van der Waals surface area contributed by atoms with Crippen molar-refractivity contribution in [1.29, 1.82) is 0 Å². The normalized spacial score (nSPS) is 19.3. The van der Waals surface area contributed by atoms with E-state index in [-0.39, 0.29) is 11.8 Å². The highest BCUT2D eigenvalue weighted by atomic mass is 16.5. The van der Waals surface area contributed by atoms with E-state index in [9.17, 15) is 9.59 Å². The Hall–Kier alpha value is -3.02. The van der Waals surface area contributed by atoms with Crippen LogP contribution in [0.15, 0.2) is 48.5 Å². The molecule has 1 unspecified atom stereocenters. The van der Waals surface area contributed by atoms with Gasteiger partial charge in [-0.15, -0.1) is 0 Å². The summed E-state index contributed by atoms with van der Waals surface area (Å²) in [5, 5.41) is 5.96. The molecule has 1 heterocycles. The number of benzene rings is 2. The maximum Gasteiger partial charge on any atom is 0.250 e. The molecule has 0 aliphatic carbocycles. The van der Waals surface area contributed by atoms with Crippen LogP contribution < -0.4 is 20.1 Å². The SMILES string of the molecule is COc1ccc(OC)c(NC(=O)C2(Cc3ccccc3)CCCCC(=O)N2)c1. The van der Waals surface area contributed by atoms with Gasteiger partial charge in [0.25, 0.3) is 5.91 Å². The lowest BCUT2D eigenvalue weighted by atomic mass is 9.85. The van der Waals surface area contributed by atoms with Crippen molar-refractivity contribution in [3.05, 3.63) is 54.1 Å². The van der Waals surface area contributed by atoms with Crippen LogP contribution in [-0.4, -0.2) is 31.6 Å². The van der Waals surface area contributed by atoms with Crippen LogP contribution in [0.3, 0.4) is 0 Å². The van der Waals surface area contributed by atoms with Gasteiger partial charge in [0.2, 0.25) is 5.91 Å². The van der Waals surface area contributed by atoms with Crippen molar-refractivity contribution in [3.63, 3.8) is 0 Å². The molecule has 148 valence electrons. The van der Waals surface area contributed by atoms with E-state index in [4.69, 9.17) is 9.47 Å². The average Bonchev–Trinajstić information content (AvgIpc) is 2.90. The van der Waals surface area contributed by atoms with Crippen LogP contribution in [0.1, 0.15) is 31.2 Å². The van der Waals surface area contributed by atoms with Gasteiger partial charge >= 0.3 is 0 Å². The molecule has 1 saturated heterocycles. The topological polar surface area (TPSA) is 76.7 Å². The summed E-state index contributed by atoms with van der Waals surface area (Å²) in [6.07, 6.45) is 3.02. The maximum absolute atomic E-state index is 13.4. The van der Waals surface area contributed by atoms with E-state index < -0.39 is 5.54 Å². The smallest absolute Gasteiger partial charge is 0.250 e. The fourth-order valence-corrected chi connectivity index (χ4v) is 3.59. The third-order valence-electron chi connectivity index (χ3n) is 5.07. The zero-order valence-corrected chi connectivity index (χ0v) is 16.3. The van der Waals surface area contributed by atoms with Gasteiger partial charge in [0.1, 0.15) is 17.0 Å². The van der Waals surface area contributed by atoms with Crippen molar-refractivity contribution in [1.82, 2.24) is 5.32 Å². The van der Waals surface area contributed by atoms with Gasteiger partial charge in [-0.3, -0.25) is 9.59 Å². The van der Waals surface area contributed by atoms with Gasteiger partial charge in [-0.1, -0.05) is 36.8 Å². The Balaban J connectivity index is 1.93. The molecule has 2 aromatic carbocycles. The fourth-order valence-electron chi connectivity index (χ4n) is 3.59. The molecule has 0 saturated carbocycles. The molecule has 0 aromatic heterocycles. The first-order valence-corrected chi connectivity index (χ1v) is 9.45. The molecule has 2 aromatic rings. The summed E-state index contributed by atoms with van der Waals surface area (Å²) in [7, 11) is 3.11. The van der Waals surface area contributed by atoms with Crippen LogP contribution in [0.25, 0.3) is 0 Å². The van der Waals surface area contributed by atoms with E-state index in [0.29, 0.717) is 36.4 Å². The van der Waals surface area contributed by atoms with Crippen molar-refractivity contribution in [2.24, 2.45) is 0 Å². The molecule has 0 bridgehead atoms. The molecule has 0 spiro atoms. The number of ether oxygens (including phenoxy) is 2. The molecule has 2 amide bonds. The van der Waals surface area contributed by atoms with Gasteiger partial charge in [-0.2, -0.15) is 0 Å². The Morgan fingerprint density at radius 2 is 1.89 bits per heavy atom. The third-order valence-corrected chi connectivity index (χ3v) is 5.07. The lowest BCUT2D eigenvalue weighted by molar-refractivity contribution is -0.130. The minimum atomic E-state index is -1.01. The first-order chi connectivity index (χ1) is 13.6. The van der Waals surface area contributed by atoms with Gasteiger partial charge in [-0.05, 0) is 30.5 Å². The predicted octanol–water partition coefficient (Wildman–Crippen LogP) is 3.31. The number of amides is 2. The number of nitrogens with one attached hydrogen (secondary N) is 2. The van der Waals surface area contributed by atoms with E-state index >= 15 is 0 Å². The summed E-state index contributed by atoms with van der Waals surface area (Å²) in [5.74, 6) is 0.793. The van der Waals surface area contributed by atoms with E-state index in [2.05, 4.69) is 10.6 Å². The summed E-state index contributed by atoms with van der Waals surface area (Å²) >= 11 is 0. The van der Waals surface area contributed by atoms with Crippen LogP contribution in [0.4, 0.5) is 5.69 Å². The number of methoxy groups -OCH3 is 2. The molecule has 1 aliphatic heterocycles.